The Bertz CT molecular complexity index is 580. The summed E-state index contributed by atoms with van der Waals surface area (Å²) in [5.74, 6) is 1.26. The number of carbonyl (C=O) groups is 1. The van der Waals surface area contributed by atoms with Gasteiger partial charge in [0.2, 0.25) is 5.91 Å². The maximum absolute atomic E-state index is 13.0. The van der Waals surface area contributed by atoms with Gasteiger partial charge in [-0.25, -0.2) is 0 Å². The van der Waals surface area contributed by atoms with Gasteiger partial charge in [-0.15, -0.1) is 0 Å². The minimum absolute atomic E-state index is 0.375. The molecule has 24 heavy (non-hydrogen) atoms. The minimum atomic E-state index is 0.375. The van der Waals surface area contributed by atoms with Crippen molar-refractivity contribution in [1.82, 2.24) is 14.7 Å². The first-order chi connectivity index (χ1) is 11.5. The van der Waals surface area contributed by atoms with Crippen LogP contribution >= 0.6 is 0 Å². The van der Waals surface area contributed by atoms with Gasteiger partial charge in [0, 0.05) is 31.2 Å². The third-order valence-electron chi connectivity index (χ3n) is 6.26. The molecule has 2 fully saturated rings. The molecule has 0 atom stereocenters. The van der Waals surface area contributed by atoms with E-state index < -0.39 is 0 Å². The van der Waals surface area contributed by atoms with Crippen LogP contribution in [0.4, 0.5) is 0 Å². The Morgan fingerprint density at radius 1 is 1.12 bits per heavy atom. The molecule has 1 amide bonds. The first kappa shape index (κ1) is 17.5. The lowest BCUT2D eigenvalue weighted by atomic mass is 9.83. The Labute approximate surface area is 146 Å². The average Bonchev–Trinajstić information content (AvgIpc) is 3.36. The molecule has 4 nitrogen and oxygen atoms in total. The summed E-state index contributed by atoms with van der Waals surface area (Å²) < 4.78 is 1.93. The lowest BCUT2D eigenvalue weighted by Gasteiger charge is -2.37. The summed E-state index contributed by atoms with van der Waals surface area (Å²) >= 11 is 0. The van der Waals surface area contributed by atoms with Crippen LogP contribution in [0.15, 0.2) is 0 Å². The molecule has 0 N–H and O–H groups in total. The highest BCUT2D eigenvalue weighted by Gasteiger charge is 2.38. The molecule has 2 aliphatic rings. The summed E-state index contributed by atoms with van der Waals surface area (Å²) in [6, 6.07) is 1.04. The zero-order valence-corrected chi connectivity index (χ0v) is 15.8. The highest BCUT2D eigenvalue weighted by molar-refractivity contribution is 5.77. The van der Waals surface area contributed by atoms with E-state index in [1.165, 1.54) is 56.2 Å². The van der Waals surface area contributed by atoms with E-state index in [2.05, 4.69) is 30.8 Å². The quantitative estimate of drug-likeness (QED) is 0.792. The maximum Gasteiger partial charge on any atom is 0.223 e. The van der Waals surface area contributed by atoms with Crippen molar-refractivity contribution in [3.63, 3.8) is 0 Å². The smallest absolute Gasteiger partial charge is 0.223 e. The molecule has 1 aromatic rings. The van der Waals surface area contributed by atoms with Gasteiger partial charge in [0.1, 0.15) is 0 Å². The first-order valence-corrected chi connectivity index (χ1v) is 9.81. The van der Waals surface area contributed by atoms with Gasteiger partial charge in [-0.05, 0) is 70.3 Å². The number of nitrogens with zero attached hydrogens (tertiary/aromatic N) is 3. The zero-order chi connectivity index (χ0) is 17.3. The number of hydrogen-bond acceptors (Lipinski definition) is 2. The number of amides is 1. The molecule has 1 heterocycles. The molecule has 4 heteroatoms. The van der Waals surface area contributed by atoms with Crippen LogP contribution in [0.1, 0.15) is 75.2 Å². The van der Waals surface area contributed by atoms with Crippen LogP contribution in [0.5, 0.6) is 0 Å². The molecule has 0 bridgehead atoms. The van der Waals surface area contributed by atoms with Crippen LogP contribution in [0, 0.1) is 19.8 Å². The monoisotopic (exact) mass is 331 g/mol. The van der Waals surface area contributed by atoms with Crippen molar-refractivity contribution in [3.05, 3.63) is 17.0 Å². The number of aromatic nitrogens is 2. The largest absolute Gasteiger partial charge is 0.337 e. The molecule has 2 saturated carbocycles. The van der Waals surface area contributed by atoms with Gasteiger partial charge >= 0.3 is 0 Å². The maximum atomic E-state index is 13.0. The fourth-order valence-corrected chi connectivity index (χ4v) is 4.43. The fourth-order valence-electron chi connectivity index (χ4n) is 4.43. The molecule has 3 rings (SSSR count). The zero-order valence-electron chi connectivity index (χ0n) is 15.8. The Balaban J connectivity index is 1.61. The van der Waals surface area contributed by atoms with E-state index in [9.17, 15) is 4.79 Å². The standard InChI is InChI=1S/C20H33N3O/c1-5-16-6-8-17(9-7-16)23(18-10-11-18)20(24)13-12-19-14(2)21-22(4)15(19)3/h16-18H,5-13H2,1-4H3. The topological polar surface area (TPSA) is 38.1 Å². The Morgan fingerprint density at radius 2 is 1.71 bits per heavy atom. The molecular weight excluding hydrogens is 298 g/mol. The Hall–Kier alpha value is -1.32. The number of carbonyl (C=O) groups excluding carboxylic acids is 1. The number of hydrogen-bond donors (Lipinski definition) is 0. The lowest BCUT2D eigenvalue weighted by Crippen LogP contribution is -2.44. The molecule has 0 unspecified atom stereocenters. The predicted octanol–water partition coefficient (Wildman–Crippen LogP) is 3.93. The molecule has 1 aromatic heterocycles. The molecular formula is C20H33N3O. The summed E-state index contributed by atoms with van der Waals surface area (Å²) in [6.07, 6.45) is 10.2. The fraction of sp³-hybridized carbons (Fsp3) is 0.800. The molecule has 2 aliphatic carbocycles. The van der Waals surface area contributed by atoms with E-state index in [0.717, 1.165) is 18.0 Å². The van der Waals surface area contributed by atoms with Crippen LogP contribution in [-0.2, 0) is 18.3 Å². The third kappa shape index (κ3) is 3.68. The normalized spacial score (nSPS) is 24.2. The second-order valence-electron chi connectivity index (χ2n) is 7.89. The second-order valence-corrected chi connectivity index (χ2v) is 7.89. The van der Waals surface area contributed by atoms with Crippen molar-refractivity contribution in [2.75, 3.05) is 0 Å². The van der Waals surface area contributed by atoms with Crippen molar-refractivity contribution in [1.29, 1.82) is 0 Å². The summed E-state index contributed by atoms with van der Waals surface area (Å²) in [7, 11) is 1.98. The van der Waals surface area contributed by atoms with E-state index in [1.54, 1.807) is 0 Å². The average molecular weight is 332 g/mol. The van der Waals surface area contributed by atoms with E-state index >= 15 is 0 Å². The molecule has 0 spiro atoms. The molecule has 0 aliphatic heterocycles. The van der Waals surface area contributed by atoms with Gasteiger partial charge in [-0.3, -0.25) is 9.48 Å². The summed E-state index contributed by atoms with van der Waals surface area (Å²) in [4.78, 5) is 15.3. The minimum Gasteiger partial charge on any atom is -0.337 e. The molecule has 0 radical (unpaired) electrons. The van der Waals surface area contributed by atoms with Gasteiger partial charge in [0.15, 0.2) is 0 Å². The Morgan fingerprint density at radius 3 is 2.17 bits per heavy atom. The van der Waals surface area contributed by atoms with Crippen LogP contribution in [0.3, 0.4) is 0 Å². The lowest BCUT2D eigenvalue weighted by molar-refractivity contribution is -0.135. The highest BCUT2D eigenvalue weighted by Crippen LogP contribution is 2.36. The van der Waals surface area contributed by atoms with Gasteiger partial charge in [0.25, 0.3) is 0 Å². The van der Waals surface area contributed by atoms with Gasteiger partial charge in [-0.2, -0.15) is 5.10 Å². The molecule has 0 aromatic carbocycles. The van der Waals surface area contributed by atoms with Gasteiger partial charge < -0.3 is 4.90 Å². The van der Waals surface area contributed by atoms with E-state index in [0.29, 0.717) is 24.4 Å². The summed E-state index contributed by atoms with van der Waals surface area (Å²) in [5.41, 5.74) is 3.53. The Kier molecular flexibility index (Phi) is 5.31. The van der Waals surface area contributed by atoms with Crippen LogP contribution in [0.25, 0.3) is 0 Å². The van der Waals surface area contributed by atoms with Gasteiger partial charge in [0.05, 0.1) is 5.69 Å². The molecule has 134 valence electrons. The van der Waals surface area contributed by atoms with Crippen molar-refractivity contribution >= 4 is 5.91 Å². The number of aryl methyl sites for hydroxylation is 2. The van der Waals surface area contributed by atoms with Crippen molar-refractivity contribution < 1.29 is 4.79 Å². The number of rotatable bonds is 6. The second kappa shape index (κ2) is 7.28. The van der Waals surface area contributed by atoms with E-state index in [1.807, 2.05) is 11.7 Å². The van der Waals surface area contributed by atoms with Crippen LogP contribution in [0.2, 0.25) is 0 Å². The van der Waals surface area contributed by atoms with Crippen molar-refractivity contribution in [2.45, 2.75) is 90.6 Å². The van der Waals surface area contributed by atoms with Gasteiger partial charge in [-0.1, -0.05) is 13.3 Å². The van der Waals surface area contributed by atoms with Crippen LogP contribution in [-0.4, -0.2) is 32.7 Å². The summed E-state index contributed by atoms with van der Waals surface area (Å²) in [5, 5.41) is 4.48. The summed E-state index contributed by atoms with van der Waals surface area (Å²) in [6.45, 7) is 6.45. The SMILES string of the molecule is CCC1CCC(N(C(=O)CCc2c(C)nn(C)c2C)C2CC2)CC1. The van der Waals surface area contributed by atoms with E-state index in [-0.39, 0.29) is 0 Å². The first-order valence-electron chi connectivity index (χ1n) is 9.81. The van der Waals surface area contributed by atoms with Crippen molar-refractivity contribution in [3.8, 4) is 0 Å². The molecule has 0 saturated heterocycles. The predicted molar refractivity (Wildman–Crippen MR) is 96.9 cm³/mol. The van der Waals surface area contributed by atoms with Crippen molar-refractivity contribution in [2.24, 2.45) is 13.0 Å². The van der Waals surface area contributed by atoms with E-state index in [4.69, 9.17) is 0 Å². The van der Waals surface area contributed by atoms with Crippen LogP contribution < -0.4 is 0 Å². The highest BCUT2D eigenvalue weighted by atomic mass is 16.2. The third-order valence-corrected chi connectivity index (χ3v) is 6.26.